The van der Waals surface area contributed by atoms with Crippen LogP contribution in [0.3, 0.4) is 0 Å². The summed E-state index contributed by atoms with van der Waals surface area (Å²) in [7, 11) is 1.95. The Kier molecular flexibility index (Phi) is 3.35. The van der Waals surface area contributed by atoms with Crippen LogP contribution in [0.15, 0.2) is 12.7 Å². The minimum absolute atomic E-state index is 0.771. The predicted octanol–water partition coefficient (Wildman–Crippen LogP) is 2.09. The molecule has 0 spiro atoms. The zero-order chi connectivity index (χ0) is 14.1. The van der Waals surface area contributed by atoms with Gasteiger partial charge in [0.05, 0.1) is 5.39 Å². The average molecular weight is 288 g/mol. The molecule has 20 heavy (non-hydrogen) atoms. The van der Waals surface area contributed by atoms with E-state index in [4.69, 9.17) is 0 Å². The molecule has 0 atom stereocenters. The molecule has 0 aromatic carbocycles. The third kappa shape index (κ3) is 2.24. The van der Waals surface area contributed by atoms with Gasteiger partial charge in [-0.2, -0.15) is 0 Å². The van der Waals surface area contributed by atoms with Crippen molar-refractivity contribution in [2.75, 3.05) is 11.9 Å². The summed E-state index contributed by atoms with van der Waals surface area (Å²) in [6.07, 6.45) is 4.14. The van der Waals surface area contributed by atoms with Crippen LogP contribution in [-0.2, 0) is 13.5 Å². The molecule has 0 saturated carbocycles. The summed E-state index contributed by atoms with van der Waals surface area (Å²) in [5.41, 5.74) is 1.26. The molecule has 0 fully saturated rings. The number of hydrogen-bond donors (Lipinski definition) is 1. The monoisotopic (exact) mass is 288 g/mol. The lowest BCUT2D eigenvalue weighted by Crippen LogP contribution is -2.10. The van der Waals surface area contributed by atoms with E-state index in [-0.39, 0.29) is 0 Å². The van der Waals surface area contributed by atoms with Crippen LogP contribution in [0.2, 0.25) is 0 Å². The highest BCUT2D eigenvalue weighted by Gasteiger charge is 2.11. The molecule has 3 aromatic rings. The molecule has 6 nitrogen and oxygen atoms in total. The smallest absolute Gasteiger partial charge is 0.138 e. The number of nitrogens with zero attached hydrogens (tertiary/aromatic N) is 5. The molecule has 0 unspecified atom stereocenters. The van der Waals surface area contributed by atoms with Crippen LogP contribution in [0.1, 0.15) is 16.3 Å². The predicted molar refractivity (Wildman–Crippen MR) is 80.1 cm³/mol. The van der Waals surface area contributed by atoms with E-state index in [0.717, 1.165) is 34.8 Å². The first kappa shape index (κ1) is 13.0. The van der Waals surface area contributed by atoms with Gasteiger partial charge in [0.15, 0.2) is 0 Å². The zero-order valence-electron chi connectivity index (χ0n) is 11.7. The molecule has 0 amide bonds. The number of rotatable bonds is 4. The first-order valence-electron chi connectivity index (χ1n) is 6.44. The molecule has 0 aliphatic rings. The summed E-state index contributed by atoms with van der Waals surface area (Å²) in [4.78, 5) is 11.0. The molecule has 0 aliphatic carbocycles. The van der Waals surface area contributed by atoms with E-state index in [1.807, 2.05) is 11.6 Å². The van der Waals surface area contributed by atoms with Crippen molar-refractivity contribution in [3.05, 3.63) is 28.9 Å². The van der Waals surface area contributed by atoms with Crippen LogP contribution in [0, 0.1) is 13.8 Å². The maximum atomic E-state index is 4.36. The third-order valence-electron chi connectivity index (χ3n) is 3.41. The highest BCUT2D eigenvalue weighted by molar-refractivity contribution is 7.18. The topological polar surface area (TPSA) is 68.5 Å². The second kappa shape index (κ2) is 5.16. The summed E-state index contributed by atoms with van der Waals surface area (Å²) in [6.45, 7) is 5.00. The molecule has 3 heterocycles. The first-order chi connectivity index (χ1) is 9.66. The maximum Gasteiger partial charge on any atom is 0.138 e. The average Bonchev–Trinajstić information content (AvgIpc) is 2.96. The van der Waals surface area contributed by atoms with Gasteiger partial charge in [-0.15, -0.1) is 21.5 Å². The number of anilines is 1. The minimum Gasteiger partial charge on any atom is -0.369 e. The van der Waals surface area contributed by atoms with Gasteiger partial charge < -0.3 is 9.88 Å². The quantitative estimate of drug-likeness (QED) is 0.796. The third-order valence-corrected chi connectivity index (χ3v) is 4.53. The van der Waals surface area contributed by atoms with Crippen molar-refractivity contribution in [1.29, 1.82) is 0 Å². The van der Waals surface area contributed by atoms with Gasteiger partial charge in [0.25, 0.3) is 0 Å². The van der Waals surface area contributed by atoms with Crippen molar-refractivity contribution in [2.24, 2.45) is 7.05 Å². The van der Waals surface area contributed by atoms with E-state index in [9.17, 15) is 0 Å². The number of nitrogens with one attached hydrogen (secondary N) is 1. The lowest BCUT2D eigenvalue weighted by atomic mass is 10.2. The second-order valence-corrected chi connectivity index (χ2v) is 5.92. The molecule has 3 rings (SSSR count). The lowest BCUT2D eigenvalue weighted by molar-refractivity contribution is 0.787. The molecule has 0 radical (unpaired) electrons. The Morgan fingerprint density at radius 2 is 2.15 bits per heavy atom. The lowest BCUT2D eigenvalue weighted by Gasteiger charge is -2.06. The van der Waals surface area contributed by atoms with Crippen molar-refractivity contribution in [3.8, 4) is 0 Å². The van der Waals surface area contributed by atoms with E-state index in [1.54, 1.807) is 24.0 Å². The zero-order valence-corrected chi connectivity index (χ0v) is 12.5. The number of thiophene rings is 1. The Hall–Kier alpha value is -2.02. The van der Waals surface area contributed by atoms with Gasteiger partial charge in [0, 0.05) is 24.9 Å². The maximum absolute atomic E-state index is 4.36. The van der Waals surface area contributed by atoms with Crippen LogP contribution in [-0.4, -0.2) is 31.3 Å². The van der Waals surface area contributed by atoms with E-state index >= 15 is 0 Å². The Morgan fingerprint density at radius 1 is 1.30 bits per heavy atom. The van der Waals surface area contributed by atoms with Crippen LogP contribution in [0.4, 0.5) is 5.82 Å². The molecular weight excluding hydrogens is 272 g/mol. The van der Waals surface area contributed by atoms with Gasteiger partial charge in [-0.05, 0) is 19.4 Å². The van der Waals surface area contributed by atoms with Crippen molar-refractivity contribution in [3.63, 3.8) is 0 Å². The number of hydrogen-bond acceptors (Lipinski definition) is 6. The summed E-state index contributed by atoms with van der Waals surface area (Å²) in [6, 6.07) is 0. The van der Waals surface area contributed by atoms with Gasteiger partial charge >= 0.3 is 0 Å². The minimum atomic E-state index is 0.771. The fourth-order valence-electron chi connectivity index (χ4n) is 2.14. The number of aryl methyl sites for hydroxylation is 3. The number of fused-ring (bicyclic) bond motifs is 1. The molecule has 1 N–H and O–H groups in total. The van der Waals surface area contributed by atoms with Crippen molar-refractivity contribution in [2.45, 2.75) is 20.3 Å². The fourth-order valence-corrected chi connectivity index (χ4v) is 3.14. The Morgan fingerprint density at radius 3 is 2.90 bits per heavy atom. The van der Waals surface area contributed by atoms with Gasteiger partial charge in [-0.3, -0.25) is 0 Å². The van der Waals surface area contributed by atoms with E-state index < -0.39 is 0 Å². The molecule has 3 aromatic heterocycles. The van der Waals surface area contributed by atoms with Gasteiger partial charge in [-0.1, -0.05) is 0 Å². The molecule has 0 bridgehead atoms. The first-order valence-corrected chi connectivity index (χ1v) is 7.26. The van der Waals surface area contributed by atoms with E-state index in [1.165, 1.54) is 10.4 Å². The SMILES string of the molecule is Cc1sc2ncnc(NCCc3nncn3C)c2c1C. The standard InChI is InChI=1S/C13H16N6S/c1-8-9(2)20-13-11(8)12(15-6-16-13)14-5-4-10-18-17-7-19(10)3/h6-7H,4-5H2,1-3H3,(H,14,15,16). The Labute approximate surface area is 120 Å². The van der Waals surface area contributed by atoms with Crippen LogP contribution >= 0.6 is 11.3 Å². The molecule has 7 heteroatoms. The van der Waals surface area contributed by atoms with Gasteiger partial charge in [-0.25, -0.2) is 9.97 Å². The summed E-state index contributed by atoms with van der Waals surface area (Å²) in [5.74, 6) is 1.86. The fraction of sp³-hybridized carbons (Fsp3) is 0.385. The molecule has 0 saturated heterocycles. The molecule has 0 aliphatic heterocycles. The van der Waals surface area contributed by atoms with Crippen LogP contribution in [0.5, 0.6) is 0 Å². The van der Waals surface area contributed by atoms with Crippen LogP contribution in [0.25, 0.3) is 10.2 Å². The summed E-state index contributed by atoms with van der Waals surface area (Å²) in [5, 5.41) is 12.5. The van der Waals surface area contributed by atoms with Gasteiger partial charge in [0.1, 0.15) is 29.1 Å². The highest BCUT2D eigenvalue weighted by Crippen LogP contribution is 2.32. The van der Waals surface area contributed by atoms with Gasteiger partial charge in [0.2, 0.25) is 0 Å². The summed E-state index contributed by atoms with van der Waals surface area (Å²) < 4.78 is 1.93. The Bertz CT molecular complexity index is 744. The molecule has 104 valence electrons. The van der Waals surface area contributed by atoms with E-state index in [0.29, 0.717) is 0 Å². The van der Waals surface area contributed by atoms with E-state index in [2.05, 4.69) is 39.3 Å². The second-order valence-electron chi connectivity index (χ2n) is 4.72. The number of aromatic nitrogens is 5. The Balaban J connectivity index is 1.79. The molecular formula is C13H16N6S. The van der Waals surface area contributed by atoms with Crippen molar-refractivity contribution < 1.29 is 0 Å². The highest BCUT2D eigenvalue weighted by atomic mass is 32.1. The summed E-state index contributed by atoms with van der Waals surface area (Å²) >= 11 is 1.71. The van der Waals surface area contributed by atoms with Crippen LogP contribution < -0.4 is 5.32 Å². The largest absolute Gasteiger partial charge is 0.369 e. The normalized spacial score (nSPS) is 11.2. The van der Waals surface area contributed by atoms with Crippen molar-refractivity contribution in [1.82, 2.24) is 24.7 Å². The van der Waals surface area contributed by atoms with Crippen molar-refractivity contribution >= 4 is 27.4 Å².